The second-order valence-electron chi connectivity index (χ2n) is 7.68. The van der Waals surface area contributed by atoms with E-state index in [0.29, 0.717) is 24.9 Å². The van der Waals surface area contributed by atoms with Gasteiger partial charge in [-0.25, -0.2) is 4.39 Å². The number of nitrogens with zero attached hydrogens (tertiary/aromatic N) is 1. The van der Waals surface area contributed by atoms with Gasteiger partial charge in [-0.3, -0.25) is 9.59 Å². The summed E-state index contributed by atoms with van der Waals surface area (Å²) in [7, 11) is 0. The van der Waals surface area contributed by atoms with E-state index in [1.165, 1.54) is 6.07 Å². The number of hydrogen-bond donors (Lipinski definition) is 2. The zero-order chi connectivity index (χ0) is 20.0. The fourth-order valence-corrected chi connectivity index (χ4v) is 4.43. The van der Waals surface area contributed by atoms with Crippen LogP contribution in [0.2, 0.25) is 0 Å². The van der Waals surface area contributed by atoms with Crippen LogP contribution in [0.15, 0.2) is 18.2 Å². The number of benzene rings is 1. The molecule has 150 valence electrons. The lowest BCUT2D eigenvalue weighted by atomic mass is 9.77. The number of amides is 1. The molecule has 0 bridgehead atoms. The minimum atomic E-state index is -0.897. The highest BCUT2D eigenvalue weighted by atomic mass is 19.1. The highest BCUT2D eigenvalue weighted by Gasteiger charge is 2.52. The minimum Gasteiger partial charge on any atom is -0.481 e. The summed E-state index contributed by atoms with van der Waals surface area (Å²) in [6.45, 7) is 4.35. The second-order valence-corrected chi connectivity index (χ2v) is 7.68. The van der Waals surface area contributed by atoms with E-state index in [4.69, 9.17) is 5.73 Å². The van der Waals surface area contributed by atoms with Gasteiger partial charge in [0.15, 0.2) is 0 Å². The Hall–Kier alpha value is -2.11. The van der Waals surface area contributed by atoms with Crippen LogP contribution in [0.4, 0.5) is 10.1 Å². The van der Waals surface area contributed by atoms with Crippen molar-refractivity contribution in [2.24, 2.45) is 11.7 Å². The van der Waals surface area contributed by atoms with Crippen molar-refractivity contribution in [2.45, 2.75) is 70.8 Å². The van der Waals surface area contributed by atoms with Crippen LogP contribution in [0.25, 0.3) is 0 Å². The molecule has 2 rings (SSSR count). The van der Waals surface area contributed by atoms with Gasteiger partial charge in [-0.2, -0.15) is 0 Å². The van der Waals surface area contributed by atoms with Gasteiger partial charge < -0.3 is 15.7 Å². The van der Waals surface area contributed by atoms with Crippen LogP contribution in [-0.2, 0) is 9.59 Å². The Morgan fingerprint density at radius 3 is 2.59 bits per heavy atom. The molecule has 0 aliphatic carbocycles. The molecule has 0 aromatic heterocycles. The summed E-state index contributed by atoms with van der Waals surface area (Å²) in [4.78, 5) is 25.9. The van der Waals surface area contributed by atoms with Gasteiger partial charge in [0.1, 0.15) is 5.82 Å². The number of primary amides is 1. The maximum absolute atomic E-state index is 13.7. The smallest absolute Gasteiger partial charge is 0.308 e. The first-order valence-corrected chi connectivity index (χ1v) is 9.86. The molecule has 1 fully saturated rings. The average molecular weight is 378 g/mol. The molecular formula is C21H31FN2O3. The molecule has 0 spiro atoms. The van der Waals surface area contributed by atoms with Gasteiger partial charge in [-0.05, 0) is 43.5 Å². The first-order chi connectivity index (χ1) is 12.8. The van der Waals surface area contributed by atoms with E-state index in [0.717, 1.165) is 37.8 Å². The number of aliphatic carboxylic acids is 1. The summed E-state index contributed by atoms with van der Waals surface area (Å²) in [5, 5.41) is 9.83. The Morgan fingerprint density at radius 2 is 2.00 bits per heavy atom. The third-order valence-electron chi connectivity index (χ3n) is 5.77. The zero-order valence-electron chi connectivity index (χ0n) is 16.3. The van der Waals surface area contributed by atoms with Gasteiger partial charge in [0.2, 0.25) is 5.91 Å². The lowest BCUT2D eigenvalue weighted by molar-refractivity contribution is -0.143. The Morgan fingerprint density at radius 1 is 1.30 bits per heavy atom. The van der Waals surface area contributed by atoms with Gasteiger partial charge >= 0.3 is 5.97 Å². The molecule has 3 N–H and O–H groups in total. The fourth-order valence-electron chi connectivity index (χ4n) is 4.43. The average Bonchev–Trinajstić information content (AvgIpc) is 2.95. The van der Waals surface area contributed by atoms with E-state index in [1.807, 2.05) is 4.90 Å². The number of nitrogens with two attached hydrogens (primary N) is 1. The highest BCUT2D eigenvalue weighted by molar-refractivity contribution is 5.81. The van der Waals surface area contributed by atoms with Crippen molar-refractivity contribution in [3.05, 3.63) is 29.6 Å². The SMILES string of the molecule is CCCCCCCC1(CC(N)=O)C(C(=O)O)CCN1c1ccc(F)c(C)c1. The molecule has 6 heteroatoms. The number of carboxylic acids is 1. The maximum Gasteiger partial charge on any atom is 0.308 e. The summed E-state index contributed by atoms with van der Waals surface area (Å²) in [6, 6.07) is 4.79. The summed E-state index contributed by atoms with van der Waals surface area (Å²) in [5.74, 6) is -2.36. The third-order valence-corrected chi connectivity index (χ3v) is 5.77. The van der Waals surface area contributed by atoms with Crippen molar-refractivity contribution in [3.8, 4) is 0 Å². The Balaban J connectivity index is 2.37. The molecule has 0 radical (unpaired) electrons. The highest BCUT2D eigenvalue weighted by Crippen LogP contribution is 2.45. The summed E-state index contributed by atoms with van der Waals surface area (Å²) >= 11 is 0. The number of unbranched alkanes of at least 4 members (excludes halogenated alkanes) is 4. The van der Waals surface area contributed by atoms with Crippen molar-refractivity contribution in [1.82, 2.24) is 0 Å². The molecule has 1 aromatic carbocycles. The molecule has 1 aliphatic rings. The lowest BCUT2D eigenvalue weighted by Crippen LogP contribution is -2.53. The standard InChI is InChI=1S/C21H31FN2O3/c1-3-4-5-6-7-11-21(14-19(23)25)17(20(26)27)10-12-24(21)16-8-9-18(22)15(2)13-16/h8-9,13,17H,3-7,10-12,14H2,1-2H3,(H2,23,25)(H,26,27). The van der Waals surface area contributed by atoms with Crippen molar-refractivity contribution in [1.29, 1.82) is 0 Å². The predicted molar refractivity (Wildman–Crippen MR) is 104 cm³/mol. The Kier molecular flexibility index (Phi) is 7.22. The topological polar surface area (TPSA) is 83.6 Å². The summed E-state index contributed by atoms with van der Waals surface area (Å²) in [6.07, 6.45) is 6.24. The number of halogens is 1. The largest absolute Gasteiger partial charge is 0.481 e. The number of anilines is 1. The van der Waals surface area contributed by atoms with E-state index in [2.05, 4.69) is 6.92 Å². The van der Waals surface area contributed by atoms with Crippen LogP contribution in [0.5, 0.6) is 0 Å². The van der Waals surface area contributed by atoms with Gasteiger partial charge in [0.05, 0.1) is 17.9 Å². The molecular weight excluding hydrogens is 347 g/mol. The lowest BCUT2D eigenvalue weighted by Gasteiger charge is -2.42. The molecule has 27 heavy (non-hydrogen) atoms. The van der Waals surface area contributed by atoms with E-state index in [9.17, 15) is 19.1 Å². The molecule has 1 amide bonds. The molecule has 1 aromatic rings. The van der Waals surface area contributed by atoms with E-state index >= 15 is 0 Å². The van der Waals surface area contributed by atoms with Crippen molar-refractivity contribution in [2.75, 3.05) is 11.4 Å². The van der Waals surface area contributed by atoms with E-state index in [1.54, 1.807) is 19.1 Å². The van der Waals surface area contributed by atoms with Gasteiger partial charge in [-0.15, -0.1) is 0 Å². The number of carbonyl (C=O) groups is 2. The monoisotopic (exact) mass is 378 g/mol. The predicted octanol–water partition coefficient (Wildman–Crippen LogP) is 4.02. The van der Waals surface area contributed by atoms with Gasteiger partial charge in [0.25, 0.3) is 0 Å². The zero-order valence-corrected chi connectivity index (χ0v) is 16.3. The number of carboxylic acid groups (broad SMARTS) is 1. The van der Waals surface area contributed by atoms with Crippen LogP contribution in [0, 0.1) is 18.7 Å². The maximum atomic E-state index is 13.7. The number of rotatable bonds is 10. The third kappa shape index (κ3) is 4.79. The van der Waals surface area contributed by atoms with Crippen LogP contribution in [0.1, 0.15) is 63.9 Å². The van der Waals surface area contributed by atoms with Crippen LogP contribution < -0.4 is 10.6 Å². The normalized spacial score (nSPS) is 22.2. The van der Waals surface area contributed by atoms with Crippen molar-refractivity contribution >= 4 is 17.6 Å². The summed E-state index contributed by atoms with van der Waals surface area (Å²) < 4.78 is 13.7. The quantitative estimate of drug-likeness (QED) is 0.602. The molecule has 5 nitrogen and oxygen atoms in total. The van der Waals surface area contributed by atoms with Crippen molar-refractivity contribution in [3.63, 3.8) is 0 Å². The molecule has 1 saturated heterocycles. The summed E-state index contributed by atoms with van der Waals surface area (Å²) in [5.41, 5.74) is 5.95. The first-order valence-electron chi connectivity index (χ1n) is 9.86. The minimum absolute atomic E-state index is 0.00579. The van der Waals surface area contributed by atoms with Crippen LogP contribution >= 0.6 is 0 Å². The number of aryl methyl sites for hydroxylation is 1. The number of carbonyl (C=O) groups excluding carboxylic acids is 1. The molecule has 0 saturated carbocycles. The van der Waals surface area contributed by atoms with Crippen molar-refractivity contribution < 1.29 is 19.1 Å². The second kappa shape index (κ2) is 9.20. The Labute approximate surface area is 160 Å². The molecule has 2 unspecified atom stereocenters. The van der Waals surface area contributed by atoms with E-state index < -0.39 is 23.3 Å². The first kappa shape index (κ1) is 21.2. The van der Waals surface area contributed by atoms with Crippen LogP contribution in [-0.4, -0.2) is 29.1 Å². The van der Waals surface area contributed by atoms with Gasteiger partial charge in [-0.1, -0.05) is 39.0 Å². The molecule has 1 heterocycles. The Bertz CT molecular complexity index is 679. The molecule has 2 atom stereocenters. The fraction of sp³-hybridized carbons (Fsp3) is 0.619. The molecule has 1 aliphatic heterocycles. The number of hydrogen-bond acceptors (Lipinski definition) is 3. The van der Waals surface area contributed by atoms with Crippen LogP contribution in [0.3, 0.4) is 0 Å². The van der Waals surface area contributed by atoms with Gasteiger partial charge in [0, 0.05) is 12.2 Å². The van der Waals surface area contributed by atoms with E-state index in [-0.39, 0.29) is 12.2 Å².